The minimum Gasteiger partial charge on any atom is -0.480 e. The molecule has 0 aromatic rings. The molecule has 0 saturated carbocycles. The first-order chi connectivity index (χ1) is 23.0. The lowest BCUT2D eigenvalue weighted by atomic mass is 10.0. The van der Waals surface area contributed by atoms with Gasteiger partial charge in [0.2, 0.25) is 5.91 Å². The van der Waals surface area contributed by atoms with Gasteiger partial charge in [0, 0.05) is 12.8 Å². The second-order valence-electron chi connectivity index (χ2n) is 13.2. The Morgan fingerprint density at radius 3 is 1.49 bits per heavy atom. The van der Waals surface area contributed by atoms with E-state index in [1.807, 2.05) is 0 Å². The van der Waals surface area contributed by atoms with Crippen LogP contribution in [-0.4, -0.2) is 35.6 Å². The second-order valence-corrected chi connectivity index (χ2v) is 13.2. The third-order valence-electron chi connectivity index (χ3n) is 8.56. The second kappa shape index (κ2) is 36.5. The molecule has 272 valence electrons. The van der Waals surface area contributed by atoms with Gasteiger partial charge in [0.05, 0.1) is 0 Å². The zero-order valence-electron chi connectivity index (χ0n) is 30.6. The summed E-state index contributed by atoms with van der Waals surface area (Å²) in [5.74, 6) is -1.28. The summed E-state index contributed by atoms with van der Waals surface area (Å²) in [5, 5.41) is 11.0. The van der Waals surface area contributed by atoms with Crippen molar-refractivity contribution in [3.8, 4) is 0 Å². The number of carbonyl (C=O) groups excluding carboxylic acids is 2. The van der Waals surface area contributed by atoms with Gasteiger partial charge in [-0.1, -0.05) is 140 Å². The maximum absolute atomic E-state index is 12.6. The molecule has 0 saturated heterocycles. The number of esters is 1. The first-order valence-corrected chi connectivity index (χ1v) is 19.6. The Hall–Kier alpha value is -2.37. The molecular weight excluding hydrogens is 586 g/mol. The Kier molecular flexibility index (Phi) is 34.6. The number of amides is 1. The summed E-state index contributed by atoms with van der Waals surface area (Å²) in [5.41, 5.74) is 0. The van der Waals surface area contributed by atoms with Gasteiger partial charge in [0.25, 0.3) is 0 Å². The highest BCUT2D eigenvalue weighted by atomic mass is 16.5. The van der Waals surface area contributed by atoms with Crippen LogP contribution in [0, 0.1) is 0 Å². The first-order valence-electron chi connectivity index (χ1n) is 19.6. The molecule has 0 aromatic heterocycles. The maximum Gasteiger partial charge on any atom is 0.322 e. The molecular formula is C41H73NO5. The van der Waals surface area contributed by atoms with Crippen LogP contribution in [0.4, 0.5) is 0 Å². The highest BCUT2D eigenvalue weighted by Crippen LogP contribution is 2.18. The van der Waals surface area contributed by atoms with Crippen molar-refractivity contribution in [1.82, 2.24) is 5.32 Å². The highest BCUT2D eigenvalue weighted by molar-refractivity contribution is 5.80. The van der Waals surface area contributed by atoms with Crippen LogP contribution in [0.2, 0.25) is 0 Å². The normalized spacial score (nSPS) is 12.4. The van der Waals surface area contributed by atoms with Crippen LogP contribution in [0.1, 0.15) is 194 Å². The number of hydrogen-bond donors (Lipinski definition) is 2. The predicted molar refractivity (Wildman–Crippen MR) is 199 cm³/mol. The molecule has 0 aliphatic carbocycles. The quantitative estimate of drug-likeness (QED) is 0.0401. The summed E-state index contributed by atoms with van der Waals surface area (Å²) < 4.78 is 5.93. The molecule has 0 aromatic carbocycles. The van der Waals surface area contributed by atoms with E-state index in [9.17, 15) is 14.4 Å². The molecule has 0 spiro atoms. The number of rotatable bonds is 35. The van der Waals surface area contributed by atoms with E-state index in [1.165, 1.54) is 89.9 Å². The van der Waals surface area contributed by atoms with E-state index in [0.717, 1.165) is 77.0 Å². The summed E-state index contributed by atoms with van der Waals surface area (Å²) in [6.07, 6.45) is 44.2. The van der Waals surface area contributed by atoms with Gasteiger partial charge in [-0.3, -0.25) is 14.4 Å². The van der Waals surface area contributed by atoms with Gasteiger partial charge in [0.1, 0.15) is 12.6 Å². The first kappa shape index (κ1) is 44.6. The largest absolute Gasteiger partial charge is 0.480 e. The topological polar surface area (TPSA) is 92.7 Å². The average molecular weight is 660 g/mol. The summed E-state index contributed by atoms with van der Waals surface area (Å²) in [4.78, 5) is 34.8. The lowest BCUT2D eigenvalue weighted by Crippen LogP contribution is -2.28. The van der Waals surface area contributed by atoms with Crippen LogP contribution in [0.3, 0.4) is 0 Å². The zero-order chi connectivity index (χ0) is 34.5. The fourth-order valence-electron chi connectivity index (χ4n) is 5.64. The Bertz CT molecular complexity index is 819. The SMILES string of the molecule is CCCCCCC/C=C\C/C=C\C/C=C\CCCCCCCCC(=O)OC(CCCCCCC)CCCCCCC(=O)NCC(=O)O. The standard InChI is InChI=1S/C41H73NO5/c1-3-5-7-9-10-11-12-13-14-15-16-17-18-19-20-21-22-23-24-26-32-36-41(46)47-38(33-29-25-8-6-4-2)34-30-27-28-31-35-39(43)42-37-40(44)45/h12-13,15-16,18-19,38H,3-11,14,17,20-37H2,1-2H3,(H,42,43)(H,44,45)/b13-12-,16-15-,19-18-. The van der Waals surface area contributed by atoms with Crippen molar-refractivity contribution in [3.05, 3.63) is 36.5 Å². The molecule has 1 amide bonds. The van der Waals surface area contributed by atoms with E-state index in [-0.39, 0.29) is 24.5 Å². The fourth-order valence-corrected chi connectivity index (χ4v) is 5.64. The van der Waals surface area contributed by atoms with Gasteiger partial charge in [-0.2, -0.15) is 0 Å². The smallest absolute Gasteiger partial charge is 0.322 e. The lowest BCUT2D eigenvalue weighted by Gasteiger charge is -2.18. The Morgan fingerprint density at radius 1 is 0.553 bits per heavy atom. The van der Waals surface area contributed by atoms with Gasteiger partial charge in [-0.05, 0) is 77.0 Å². The zero-order valence-corrected chi connectivity index (χ0v) is 30.6. The number of ether oxygens (including phenoxy) is 1. The molecule has 0 radical (unpaired) electrons. The van der Waals surface area contributed by atoms with E-state index in [4.69, 9.17) is 9.84 Å². The Balaban J connectivity index is 3.91. The molecule has 0 heterocycles. The highest BCUT2D eigenvalue weighted by Gasteiger charge is 2.14. The molecule has 2 N–H and O–H groups in total. The van der Waals surface area contributed by atoms with E-state index in [1.54, 1.807) is 0 Å². The van der Waals surface area contributed by atoms with Crippen molar-refractivity contribution in [1.29, 1.82) is 0 Å². The summed E-state index contributed by atoms with van der Waals surface area (Å²) in [6.45, 7) is 4.16. The van der Waals surface area contributed by atoms with Crippen LogP contribution in [0.5, 0.6) is 0 Å². The fraction of sp³-hybridized carbons (Fsp3) is 0.780. The van der Waals surface area contributed by atoms with E-state index in [2.05, 4.69) is 55.6 Å². The third kappa shape index (κ3) is 36.3. The molecule has 6 heteroatoms. The molecule has 47 heavy (non-hydrogen) atoms. The summed E-state index contributed by atoms with van der Waals surface area (Å²) >= 11 is 0. The molecule has 6 nitrogen and oxygen atoms in total. The van der Waals surface area contributed by atoms with Crippen LogP contribution in [0.25, 0.3) is 0 Å². The van der Waals surface area contributed by atoms with Crippen molar-refractivity contribution < 1.29 is 24.2 Å². The number of hydrogen-bond acceptors (Lipinski definition) is 4. The Labute approximate surface area is 289 Å². The van der Waals surface area contributed by atoms with Crippen molar-refractivity contribution >= 4 is 17.8 Å². The van der Waals surface area contributed by atoms with Crippen LogP contribution >= 0.6 is 0 Å². The van der Waals surface area contributed by atoms with Crippen LogP contribution in [-0.2, 0) is 19.1 Å². The van der Waals surface area contributed by atoms with E-state index < -0.39 is 5.97 Å². The number of carboxylic acid groups (broad SMARTS) is 1. The van der Waals surface area contributed by atoms with Crippen molar-refractivity contribution in [2.45, 2.75) is 200 Å². The summed E-state index contributed by atoms with van der Waals surface area (Å²) in [6, 6.07) is 0. The molecule has 0 aliphatic rings. The molecule has 1 unspecified atom stereocenters. The van der Waals surface area contributed by atoms with E-state index in [0.29, 0.717) is 12.8 Å². The molecule has 0 bridgehead atoms. The molecule has 0 aliphatic heterocycles. The van der Waals surface area contributed by atoms with Gasteiger partial charge >= 0.3 is 11.9 Å². The number of allylic oxidation sites excluding steroid dienone is 6. The Morgan fingerprint density at radius 2 is 0.979 bits per heavy atom. The number of carboxylic acids is 1. The number of unbranched alkanes of at least 4 members (excludes halogenated alkanes) is 18. The van der Waals surface area contributed by atoms with Gasteiger partial charge in [-0.25, -0.2) is 0 Å². The number of aliphatic carboxylic acids is 1. The van der Waals surface area contributed by atoms with E-state index >= 15 is 0 Å². The number of carbonyl (C=O) groups is 3. The van der Waals surface area contributed by atoms with Crippen LogP contribution < -0.4 is 5.32 Å². The van der Waals surface area contributed by atoms with Crippen molar-refractivity contribution in [3.63, 3.8) is 0 Å². The molecule has 0 fully saturated rings. The lowest BCUT2D eigenvalue weighted by molar-refractivity contribution is -0.150. The molecule has 1 atom stereocenters. The van der Waals surface area contributed by atoms with Gasteiger partial charge in [-0.15, -0.1) is 0 Å². The van der Waals surface area contributed by atoms with Crippen molar-refractivity contribution in [2.75, 3.05) is 6.54 Å². The van der Waals surface area contributed by atoms with Gasteiger partial charge in [0.15, 0.2) is 0 Å². The predicted octanol–water partition coefficient (Wildman–Crippen LogP) is 11.7. The summed E-state index contributed by atoms with van der Waals surface area (Å²) in [7, 11) is 0. The average Bonchev–Trinajstić information content (AvgIpc) is 3.05. The number of nitrogens with one attached hydrogen (secondary N) is 1. The minimum atomic E-state index is -1.02. The monoisotopic (exact) mass is 660 g/mol. The van der Waals surface area contributed by atoms with Crippen LogP contribution in [0.15, 0.2) is 36.5 Å². The third-order valence-corrected chi connectivity index (χ3v) is 8.56. The maximum atomic E-state index is 12.6. The molecule has 0 rings (SSSR count). The van der Waals surface area contributed by atoms with Gasteiger partial charge < -0.3 is 15.2 Å². The minimum absolute atomic E-state index is 0.00159. The van der Waals surface area contributed by atoms with Crippen molar-refractivity contribution in [2.24, 2.45) is 0 Å².